The zero-order chi connectivity index (χ0) is 10.9. The number of benzene rings is 1. The highest BCUT2D eigenvalue weighted by Crippen LogP contribution is 2.22. The molecular formula is C8H7BrClFO2S. The van der Waals surface area contributed by atoms with E-state index in [1.165, 1.54) is 12.1 Å². The monoisotopic (exact) mass is 300 g/mol. The van der Waals surface area contributed by atoms with Gasteiger partial charge in [-0.15, -0.1) is 0 Å². The van der Waals surface area contributed by atoms with Gasteiger partial charge in [-0.2, -0.15) is 0 Å². The van der Waals surface area contributed by atoms with Gasteiger partial charge in [0.2, 0.25) is 9.05 Å². The summed E-state index contributed by atoms with van der Waals surface area (Å²) in [7, 11) is 1.48. The van der Waals surface area contributed by atoms with Crippen molar-refractivity contribution in [2.75, 3.05) is 0 Å². The maximum absolute atomic E-state index is 13.1. The molecule has 0 fully saturated rings. The summed E-state index contributed by atoms with van der Waals surface area (Å²) in [6.07, 6.45) is 0. The van der Waals surface area contributed by atoms with Crippen molar-refractivity contribution < 1.29 is 12.8 Å². The Bertz CT molecular complexity index is 435. The number of aryl methyl sites for hydroxylation is 1. The second-order valence-electron chi connectivity index (χ2n) is 2.89. The molecule has 78 valence electrons. The van der Waals surface area contributed by atoms with Crippen LogP contribution in [0.3, 0.4) is 0 Å². The van der Waals surface area contributed by atoms with Crippen LogP contribution in [-0.2, 0) is 14.8 Å². The van der Waals surface area contributed by atoms with Gasteiger partial charge in [-0.3, -0.25) is 0 Å². The lowest BCUT2D eigenvalue weighted by Crippen LogP contribution is -1.97. The molecule has 14 heavy (non-hydrogen) atoms. The molecule has 0 aromatic heterocycles. The smallest absolute Gasteiger partial charge is 0.212 e. The van der Waals surface area contributed by atoms with E-state index in [0.29, 0.717) is 11.1 Å². The van der Waals surface area contributed by atoms with Crippen LogP contribution in [0.4, 0.5) is 4.39 Å². The van der Waals surface area contributed by atoms with Crippen LogP contribution in [0.5, 0.6) is 0 Å². The van der Waals surface area contributed by atoms with Gasteiger partial charge in [-0.1, -0.05) is 6.07 Å². The van der Waals surface area contributed by atoms with Gasteiger partial charge >= 0.3 is 0 Å². The maximum atomic E-state index is 13.1. The Morgan fingerprint density at radius 3 is 2.50 bits per heavy atom. The van der Waals surface area contributed by atoms with Crippen molar-refractivity contribution >= 4 is 35.7 Å². The van der Waals surface area contributed by atoms with E-state index in [1.807, 2.05) is 0 Å². The van der Waals surface area contributed by atoms with Crippen LogP contribution in [0.1, 0.15) is 11.1 Å². The van der Waals surface area contributed by atoms with Gasteiger partial charge in [0.1, 0.15) is 5.82 Å². The van der Waals surface area contributed by atoms with E-state index < -0.39 is 9.05 Å². The summed E-state index contributed by atoms with van der Waals surface area (Å²) in [5, 5.41) is 0. The minimum atomic E-state index is -3.59. The van der Waals surface area contributed by atoms with Gasteiger partial charge in [0.15, 0.2) is 0 Å². The average Bonchev–Trinajstić information content (AvgIpc) is 1.96. The Balaban J connectivity index is 3.14. The third-order valence-electron chi connectivity index (χ3n) is 1.61. The molecule has 0 atom stereocenters. The van der Waals surface area contributed by atoms with Crippen LogP contribution in [0.25, 0.3) is 0 Å². The van der Waals surface area contributed by atoms with Gasteiger partial charge < -0.3 is 0 Å². The van der Waals surface area contributed by atoms with Crippen molar-refractivity contribution in [1.29, 1.82) is 0 Å². The van der Waals surface area contributed by atoms with Crippen molar-refractivity contribution in [3.05, 3.63) is 33.5 Å². The fourth-order valence-electron chi connectivity index (χ4n) is 1.08. The lowest BCUT2D eigenvalue weighted by atomic mass is 10.1. The van der Waals surface area contributed by atoms with Crippen LogP contribution in [0.15, 0.2) is 16.6 Å². The average molecular weight is 302 g/mol. The Labute approximate surface area is 94.6 Å². The lowest BCUT2D eigenvalue weighted by molar-refractivity contribution is 0.605. The molecule has 0 heterocycles. The van der Waals surface area contributed by atoms with Gasteiger partial charge in [0.25, 0.3) is 0 Å². The van der Waals surface area contributed by atoms with Gasteiger partial charge in [-0.25, -0.2) is 12.8 Å². The minimum Gasteiger partial charge on any atom is -0.212 e. The highest BCUT2D eigenvalue weighted by atomic mass is 79.9. The molecule has 0 saturated carbocycles. The second-order valence-corrected chi connectivity index (χ2v) is 6.52. The molecule has 0 aliphatic heterocycles. The SMILES string of the molecule is Cc1cc(CS(=O)(=O)Cl)cc(Br)c1F. The standard InChI is InChI=1S/C8H7BrClFO2S/c1-5-2-6(4-14(10,12)13)3-7(9)8(5)11/h2-3H,4H2,1H3. The summed E-state index contributed by atoms with van der Waals surface area (Å²) >= 11 is 2.99. The van der Waals surface area contributed by atoms with Crippen LogP contribution in [0.2, 0.25) is 0 Å². The zero-order valence-electron chi connectivity index (χ0n) is 7.22. The Hall–Kier alpha value is -0.130. The highest BCUT2D eigenvalue weighted by molar-refractivity contribution is 9.10. The second kappa shape index (κ2) is 4.16. The molecule has 0 aliphatic carbocycles. The van der Waals surface area contributed by atoms with Crippen LogP contribution in [0, 0.1) is 12.7 Å². The van der Waals surface area contributed by atoms with E-state index in [0.717, 1.165) is 0 Å². The maximum Gasteiger partial charge on any atom is 0.236 e. The minimum absolute atomic E-state index is 0.243. The van der Waals surface area contributed by atoms with Crippen molar-refractivity contribution in [3.63, 3.8) is 0 Å². The largest absolute Gasteiger partial charge is 0.236 e. The lowest BCUT2D eigenvalue weighted by Gasteiger charge is -2.03. The van der Waals surface area contributed by atoms with Crippen molar-refractivity contribution in [3.8, 4) is 0 Å². The van der Waals surface area contributed by atoms with Crippen LogP contribution >= 0.6 is 26.6 Å². The summed E-state index contributed by atoms with van der Waals surface area (Å²) in [5.41, 5.74) is 0.848. The van der Waals surface area contributed by atoms with Crippen LogP contribution < -0.4 is 0 Å². The van der Waals surface area contributed by atoms with Gasteiger partial charge in [0.05, 0.1) is 10.2 Å². The summed E-state index contributed by atoms with van der Waals surface area (Å²) in [5.74, 6) is -0.686. The van der Waals surface area contributed by atoms with E-state index in [2.05, 4.69) is 15.9 Å². The van der Waals surface area contributed by atoms with Gasteiger partial charge in [0, 0.05) is 10.7 Å². The van der Waals surface area contributed by atoms with E-state index >= 15 is 0 Å². The Kier molecular flexibility index (Phi) is 3.55. The molecule has 0 unspecified atom stereocenters. The van der Waals surface area contributed by atoms with Gasteiger partial charge in [-0.05, 0) is 40.0 Å². The molecule has 1 rings (SSSR count). The molecular weight excluding hydrogens is 295 g/mol. The predicted molar refractivity (Wildman–Crippen MR) is 57.3 cm³/mol. The van der Waals surface area contributed by atoms with E-state index in [9.17, 15) is 12.8 Å². The normalized spacial score (nSPS) is 11.7. The first-order chi connectivity index (χ1) is 6.29. The third kappa shape index (κ3) is 3.22. The number of rotatable bonds is 2. The molecule has 0 radical (unpaired) electrons. The predicted octanol–water partition coefficient (Wildman–Crippen LogP) is 2.97. The molecule has 0 spiro atoms. The van der Waals surface area contributed by atoms with E-state index in [1.54, 1.807) is 6.92 Å². The first kappa shape index (κ1) is 11.9. The molecule has 0 amide bonds. The Morgan fingerprint density at radius 2 is 2.07 bits per heavy atom. The fourth-order valence-corrected chi connectivity index (χ4v) is 2.63. The quantitative estimate of drug-likeness (QED) is 0.787. The third-order valence-corrected chi connectivity index (χ3v) is 3.19. The molecule has 2 nitrogen and oxygen atoms in total. The van der Waals surface area contributed by atoms with Crippen molar-refractivity contribution in [1.82, 2.24) is 0 Å². The Morgan fingerprint density at radius 1 is 1.50 bits per heavy atom. The van der Waals surface area contributed by atoms with Crippen molar-refractivity contribution in [2.45, 2.75) is 12.7 Å². The molecule has 0 N–H and O–H groups in total. The fraction of sp³-hybridized carbons (Fsp3) is 0.250. The first-order valence-electron chi connectivity index (χ1n) is 3.66. The summed E-state index contributed by atoms with van der Waals surface area (Å²) in [4.78, 5) is 0. The van der Waals surface area contributed by atoms with E-state index in [4.69, 9.17) is 10.7 Å². The molecule has 1 aromatic rings. The number of halogens is 3. The van der Waals surface area contributed by atoms with Crippen molar-refractivity contribution in [2.24, 2.45) is 0 Å². The molecule has 0 bridgehead atoms. The highest BCUT2D eigenvalue weighted by Gasteiger charge is 2.11. The van der Waals surface area contributed by atoms with Crippen LogP contribution in [-0.4, -0.2) is 8.42 Å². The zero-order valence-corrected chi connectivity index (χ0v) is 10.4. The summed E-state index contributed by atoms with van der Waals surface area (Å²) in [6.45, 7) is 1.56. The first-order valence-corrected chi connectivity index (χ1v) is 6.93. The van der Waals surface area contributed by atoms with E-state index in [-0.39, 0.29) is 16.0 Å². The number of hydrogen-bond acceptors (Lipinski definition) is 2. The molecule has 6 heteroatoms. The summed E-state index contributed by atoms with van der Waals surface area (Å²) < 4.78 is 34.9. The molecule has 0 aliphatic rings. The molecule has 0 saturated heterocycles. The summed E-state index contributed by atoms with van der Waals surface area (Å²) in [6, 6.07) is 2.86. The molecule has 1 aromatic carbocycles. The number of hydrogen-bond donors (Lipinski definition) is 0. The topological polar surface area (TPSA) is 34.1 Å².